The molecule has 0 saturated carbocycles. The van der Waals surface area contributed by atoms with Gasteiger partial charge in [0.2, 0.25) is 0 Å². The Balaban J connectivity index is 1.83. The van der Waals surface area contributed by atoms with Crippen molar-refractivity contribution in [3.05, 3.63) is 87.8 Å². The molecule has 3 rings (SSSR count). The van der Waals surface area contributed by atoms with Crippen molar-refractivity contribution in [3.63, 3.8) is 0 Å². The summed E-state index contributed by atoms with van der Waals surface area (Å²) in [7, 11) is 0. The zero-order valence-electron chi connectivity index (χ0n) is 12.9. The van der Waals surface area contributed by atoms with Crippen LogP contribution in [0.25, 0.3) is 0 Å². The van der Waals surface area contributed by atoms with E-state index in [-0.39, 0.29) is 11.0 Å². The van der Waals surface area contributed by atoms with E-state index in [4.69, 9.17) is 27.6 Å². The Kier molecular flexibility index (Phi) is 5.08. The van der Waals surface area contributed by atoms with Gasteiger partial charge in [0.1, 0.15) is 0 Å². The number of carbonyl (C=O) groups excluding carboxylic acids is 1. The summed E-state index contributed by atoms with van der Waals surface area (Å²) in [4.78, 5) is 12.1. The summed E-state index contributed by atoms with van der Waals surface area (Å²) in [5.41, 5.74) is 2.03. The predicted octanol–water partition coefficient (Wildman–Crippen LogP) is 5.49. The smallest absolute Gasteiger partial charge is 0.291 e. The van der Waals surface area contributed by atoms with Crippen LogP contribution in [0.1, 0.15) is 27.6 Å². The lowest BCUT2D eigenvalue weighted by atomic mass is 9.92. The molecule has 0 aliphatic rings. The Morgan fingerprint density at radius 1 is 1.08 bits per heavy atom. The molecule has 0 radical (unpaired) electrons. The van der Waals surface area contributed by atoms with Crippen LogP contribution in [0.15, 0.2) is 65.1 Å². The van der Waals surface area contributed by atoms with E-state index in [1.54, 1.807) is 18.2 Å². The van der Waals surface area contributed by atoms with E-state index >= 15 is 0 Å². The van der Waals surface area contributed by atoms with Crippen LogP contribution in [-0.2, 0) is 0 Å². The lowest BCUT2D eigenvalue weighted by Crippen LogP contribution is -2.11. The number of halogens is 2. The van der Waals surface area contributed by atoms with Gasteiger partial charge in [-0.05, 0) is 47.0 Å². The van der Waals surface area contributed by atoms with Crippen molar-refractivity contribution >= 4 is 34.8 Å². The maximum absolute atomic E-state index is 12.1. The molecule has 0 fully saturated rings. The second kappa shape index (κ2) is 7.43. The van der Waals surface area contributed by atoms with Gasteiger partial charge in [-0.15, -0.1) is 0 Å². The van der Waals surface area contributed by atoms with Crippen LogP contribution in [0.5, 0.6) is 0 Å². The molecule has 1 atom stereocenters. The van der Waals surface area contributed by atoms with Crippen LogP contribution in [0.2, 0.25) is 10.2 Å². The van der Waals surface area contributed by atoms with Gasteiger partial charge in [-0.1, -0.05) is 48.0 Å². The van der Waals surface area contributed by atoms with Crippen molar-refractivity contribution in [1.82, 2.24) is 0 Å². The molecule has 1 aromatic heterocycles. The molecule has 2 aromatic carbocycles. The SMILES string of the molecule is N#CC(c1ccccc1)c1ccc(NC(=O)c2ccc(Cl)o2)cc1Cl. The summed E-state index contributed by atoms with van der Waals surface area (Å²) in [6, 6.07) is 19.6. The minimum atomic E-state index is -0.484. The molecule has 0 bridgehead atoms. The summed E-state index contributed by atoms with van der Waals surface area (Å²) >= 11 is 12.0. The fourth-order valence-electron chi connectivity index (χ4n) is 2.44. The van der Waals surface area contributed by atoms with E-state index in [2.05, 4.69) is 11.4 Å². The number of nitrogens with one attached hydrogen (secondary N) is 1. The first kappa shape index (κ1) is 17.1. The zero-order valence-corrected chi connectivity index (χ0v) is 14.4. The van der Waals surface area contributed by atoms with E-state index in [0.717, 1.165) is 5.56 Å². The second-order valence-corrected chi connectivity index (χ2v) is 6.05. The van der Waals surface area contributed by atoms with E-state index in [1.807, 2.05) is 30.3 Å². The normalized spacial score (nSPS) is 11.6. The number of hydrogen-bond donors (Lipinski definition) is 1. The van der Waals surface area contributed by atoms with Crippen LogP contribution < -0.4 is 5.32 Å². The van der Waals surface area contributed by atoms with E-state index < -0.39 is 11.8 Å². The monoisotopic (exact) mass is 370 g/mol. The summed E-state index contributed by atoms with van der Waals surface area (Å²) in [5, 5.41) is 12.7. The number of nitriles is 1. The van der Waals surface area contributed by atoms with Crippen molar-refractivity contribution in [3.8, 4) is 6.07 Å². The lowest BCUT2D eigenvalue weighted by molar-refractivity contribution is 0.0997. The van der Waals surface area contributed by atoms with Crippen molar-refractivity contribution in [2.75, 3.05) is 5.32 Å². The molecule has 0 spiro atoms. The molecule has 3 aromatic rings. The third kappa shape index (κ3) is 3.85. The van der Waals surface area contributed by atoms with Crippen LogP contribution in [-0.4, -0.2) is 5.91 Å². The quantitative estimate of drug-likeness (QED) is 0.659. The molecule has 4 nitrogen and oxygen atoms in total. The van der Waals surface area contributed by atoms with Crippen molar-refractivity contribution in [2.24, 2.45) is 0 Å². The summed E-state index contributed by atoms with van der Waals surface area (Å²) < 4.78 is 5.06. The Bertz CT molecular complexity index is 946. The lowest BCUT2D eigenvalue weighted by Gasteiger charge is -2.13. The maximum atomic E-state index is 12.1. The molecular weight excluding hydrogens is 359 g/mol. The standard InChI is InChI=1S/C19H12Cl2N2O2/c20-16-10-13(23-19(24)17-8-9-18(21)25-17)6-7-14(16)15(11-22)12-4-2-1-3-5-12/h1-10,15H,(H,23,24). The Labute approximate surface area is 154 Å². The first-order valence-corrected chi connectivity index (χ1v) is 8.15. The minimum Gasteiger partial charge on any atom is -0.440 e. The molecule has 1 unspecified atom stereocenters. The summed E-state index contributed by atoms with van der Waals surface area (Å²) in [6.07, 6.45) is 0. The first-order valence-electron chi connectivity index (χ1n) is 7.39. The highest BCUT2D eigenvalue weighted by atomic mass is 35.5. The third-order valence-corrected chi connectivity index (χ3v) is 4.16. The Morgan fingerprint density at radius 3 is 2.44 bits per heavy atom. The molecule has 6 heteroatoms. The molecule has 1 heterocycles. The minimum absolute atomic E-state index is 0.101. The Hall–Kier alpha value is -2.74. The van der Waals surface area contributed by atoms with Gasteiger partial charge in [-0.3, -0.25) is 4.79 Å². The van der Waals surface area contributed by atoms with Crippen LogP contribution >= 0.6 is 23.2 Å². The number of carbonyl (C=O) groups is 1. The summed E-state index contributed by atoms with van der Waals surface area (Å²) in [6.45, 7) is 0. The number of nitrogens with zero attached hydrogens (tertiary/aromatic N) is 1. The first-order chi connectivity index (χ1) is 12.1. The van der Waals surface area contributed by atoms with Gasteiger partial charge in [-0.2, -0.15) is 5.26 Å². The second-order valence-electron chi connectivity index (χ2n) is 5.27. The largest absolute Gasteiger partial charge is 0.440 e. The van der Waals surface area contributed by atoms with E-state index in [9.17, 15) is 10.1 Å². The number of furan rings is 1. The molecular formula is C19H12Cl2N2O2. The van der Waals surface area contributed by atoms with Gasteiger partial charge in [0.15, 0.2) is 11.0 Å². The zero-order chi connectivity index (χ0) is 17.8. The number of amides is 1. The molecule has 0 saturated heterocycles. The highest BCUT2D eigenvalue weighted by Gasteiger charge is 2.17. The van der Waals surface area contributed by atoms with Gasteiger partial charge in [-0.25, -0.2) is 0 Å². The highest BCUT2D eigenvalue weighted by molar-refractivity contribution is 6.32. The molecule has 0 aliphatic heterocycles. The Morgan fingerprint density at radius 2 is 1.84 bits per heavy atom. The molecule has 124 valence electrons. The maximum Gasteiger partial charge on any atom is 0.291 e. The molecule has 0 aliphatic carbocycles. The van der Waals surface area contributed by atoms with Gasteiger partial charge < -0.3 is 9.73 Å². The molecule has 1 amide bonds. The van der Waals surface area contributed by atoms with Crippen LogP contribution in [0, 0.1) is 11.3 Å². The fraction of sp³-hybridized carbons (Fsp3) is 0.0526. The molecule has 25 heavy (non-hydrogen) atoms. The van der Waals surface area contributed by atoms with Crippen LogP contribution in [0.3, 0.4) is 0 Å². The van der Waals surface area contributed by atoms with Gasteiger partial charge in [0, 0.05) is 10.7 Å². The summed E-state index contributed by atoms with van der Waals surface area (Å²) in [5.74, 6) is -0.817. The average Bonchev–Trinajstić information content (AvgIpc) is 3.05. The van der Waals surface area contributed by atoms with Crippen molar-refractivity contribution < 1.29 is 9.21 Å². The van der Waals surface area contributed by atoms with Gasteiger partial charge in [0.05, 0.1) is 12.0 Å². The molecule has 1 N–H and O–H groups in total. The topological polar surface area (TPSA) is 66.0 Å². The van der Waals surface area contributed by atoms with E-state index in [0.29, 0.717) is 16.3 Å². The number of anilines is 1. The van der Waals surface area contributed by atoms with Gasteiger partial charge in [0.25, 0.3) is 5.91 Å². The number of rotatable bonds is 4. The average molecular weight is 371 g/mol. The van der Waals surface area contributed by atoms with Crippen molar-refractivity contribution in [1.29, 1.82) is 5.26 Å². The third-order valence-electron chi connectivity index (χ3n) is 3.63. The number of hydrogen-bond acceptors (Lipinski definition) is 3. The number of benzene rings is 2. The van der Waals surface area contributed by atoms with Crippen LogP contribution in [0.4, 0.5) is 5.69 Å². The predicted molar refractivity (Wildman–Crippen MR) is 97.0 cm³/mol. The van der Waals surface area contributed by atoms with E-state index in [1.165, 1.54) is 12.1 Å². The van der Waals surface area contributed by atoms with Gasteiger partial charge >= 0.3 is 0 Å². The fourth-order valence-corrected chi connectivity index (χ4v) is 2.87. The highest BCUT2D eigenvalue weighted by Crippen LogP contribution is 2.32. The van der Waals surface area contributed by atoms with Crippen molar-refractivity contribution in [2.45, 2.75) is 5.92 Å².